The molecule has 1 aliphatic rings. The molecule has 0 saturated heterocycles. The molecule has 0 aliphatic carbocycles. The maximum Gasteiger partial charge on any atom is 0.239 e. The number of carbonyl (C=O) groups is 1. The second kappa shape index (κ2) is 4.19. The lowest BCUT2D eigenvalue weighted by Gasteiger charge is -2.13. The van der Waals surface area contributed by atoms with Crippen molar-refractivity contribution in [1.29, 1.82) is 0 Å². The summed E-state index contributed by atoms with van der Waals surface area (Å²) in [4.78, 5) is 11.2. The van der Waals surface area contributed by atoms with Crippen LogP contribution in [0.3, 0.4) is 0 Å². The summed E-state index contributed by atoms with van der Waals surface area (Å²) < 4.78 is 10.4. The molecule has 6 heteroatoms. The summed E-state index contributed by atoms with van der Waals surface area (Å²) in [5.41, 5.74) is 5.91. The average Bonchev–Trinajstić information content (AvgIpc) is 2.66. The van der Waals surface area contributed by atoms with Crippen LogP contribution < -0.4 is 20.5 Å². The highest BCUT2D eigenvalue weighted by atomic mass is 35.5. The number of halogens is 1. The molecule has 1 heterocycles. The third-order valence-corrected chi connectivity index (χ3v) is 2.64. The number of amides is 1. The Morgan fingerprint density at radius 1 is 1.56 bits per heavy atom. The number of nitrogens with one attached hydrogen (secondary N) is 1. The third-order valence-electron chi connectivity index (χ3n) is 2.36. The summed E-state index contributed by atoms with van der Waals surface area (Å²) in [5.74, 6) is 0.561. The molecule has 2 rings (SSSR count). The van der Waals surface area contributed by atoms with Gasteiger partial charge in [0.2, 0.25) is 12.7 Å². The van der Waals surface area contributed by atoms with E-state index in [0.29, 0.717) is 22.1 Å². The molecule has 0 fully saturated rings. The largest absolute Gasteiger partial charge is 0.454 e. The van der Waals surface area contributed by atoms with Crippen molar-refractivity contribution >= 4 is 17.5 Å². The fraction of sp³-hybridized carbons (Fsp3) is 0.300. The first-order chi connectivity index (χ1) is 7.63. The smallest absolute Gasteiger partial charge is 0.239 e. The van der Waals surface area contributed by atoms with Gasteiger partial charge in [0.25, 0.3) is 0 Å². The number of rotatable bonds is 3. The van der Waals surface area contributed by atoms with Crippen molar-refractivity contribution in [3.05, 3.63) is 22.7 Å². The molecule has 1 aliphatic heterocycles. The van der Waals surface area contributed by atoms with Gasteiger partial charge >= 0.3 is 0 Å². The molecular formula is C10H11ClN2O3. The molecule has 0 aromatic heterocycles. The normalized spacial score (nSPS) is 14.9. The van der Waals surface area contributed by atoms with E-state index >= 15 is 0 Å². The first kappa shape index (κ1) is 11.0. The van der Waals surface area contributed by atoms with Crippen molar-refractivity contribution in [2.45, 2.75) is 6.04 Å². The number of benzene rings is 1. The van der Waals surface area contributed by atoms with Gasteiger partial charge in [-0.05, 0) is 24.7 Å². The molecule has 1 unspecified atom stereocenters. The van der Waals surface area contributed by atoms with Crippen molar-refractivity contribution in [3.63, 3.8) is 0 Å². The van der Waals surface area contributed by atoms with Crippen LogP contribution in [0, 0.1) is 0 Å². The van der Waals surface area contributed by atoms with Crippen LogP contribution in [0.2, 0.25) is 5.02 Å². The highest BCUT2D eigenvalue weighted by Gasteiger charge is 2.23. The zero-order chi connectivity index (χ0) is 11.7. The molecule has 5 nitrogen and oxygen atoms in total. The van der Waals surface area contributed by atoms with Gasteiger partial charge in [-0.15, -0.1) is 0 Å². The molecule has 0 spiro atoms. The van der Waals surface area contributed by atoms with Crippen LogP contribution in [0.15, 0.2) is 12.1 Å². The van der Waals surface area contributed by atoms with Crippen molar-refractivity contribution in [3.8, 4) is 11.5 Å². The predicted octanol–water partition coefficient (Wildman–Crippen LogP) is 0.814. The summed E-state index contributed by atoms with van der Waals surface area (Å²) in [6.07, 6.45) is 0. The van der Waals surface area contributed by atoms with E-state index in [1.165, 1.54) is 0 Å². The van der Waals surface area contributed by atoms with Gasteiger partial charge < -0.3 is 20.5 Å². The minimum absolute atomic E-state index is 0.138. The zero-order valence-corrected chi connectivity index (χ0v) is 9.38. The minimum atomic E-state index is -0.591. The van der Waals surface area contributed by atoms with E-state index in [1.807, 2.05) is 0 Å². The van der Waals surface area contributed by atoms with Gasteiger partial charge in [0, 0.05) is 0 Å². The molecule has 1 aromatic rings. The van der Waals surface area contributed by atoms with Gasteiger partial charge in [0.1, 0.15) is 6.04 Å². The van der Waals surface area contributed by atoms with Crippen LogP contribution in [0.5, 0.6) is 11.5 Å². The second-order valence-electron chi connectivity index (χ2n) is 3.36. The highest BCUT2D eigenvalue weighted by molar-refractivity contribution is 6.32. The Kier molecular flexibility index (Phi) is 2.89. The van der Waals surface area contributed by atoms with Crippen LogP contribution >= 0.6 is 11.6 Å². The molecule has 1 atom stereocenters. The summed E-state index contributed by atoms with van der Waals surface area (Å²) in [6, 6.07) is 2.74. The monoisotopic (exact) mass is 242 g/mol. The van der Waals surface area contributed by atoms with Gasteiger partial charge in [0.15, 0.2) is 11.5 Å². The maximum atomic E-state index is 11.2. The summed E-state index contributed by atoms with van der Waals surface area (Å²) in [5, 5.41) is 3.22. The Morgan fingerprint density at radius 2 is 2.31 bits per heavy atom. The summed E-state index contributed by atoms with van der Waals surface area (Å²) in [7, 11) is 1.65. The molecule has 0 radical (unpaired) electrons. The topological polar surface area (TPSA) is 73.6 Å². The van der Waals surface area contributed by atoms with Gasteiger partial charge in [-0.25, -0.2) is 0 Å². The standard InChI is InChI=1S/C10H11ClN2O3/c1-13-8(10(12)14)5-2-6(11)9-7(3-5)15-4-16-9/h2-3,8,13H,4H2,1H3,(H2,12,14). The van der Waals surface area contributed by atoms with E-state index in [2.05, 4.69) is 5.32 Å². The number of carbonyl (C=O) groups excluding carboxylic acids is 1. The lowest BCUT2D eigenvalue weighted by molar-refractivity contribution is -0.120. The lowest BCUT2D eigenvalue weighted by atomic mass is 10.1. The van der Waals surface area contributed by atoms with E-state index in [0.717, 1.165) is 0 Å². The fourth-order valence-electron chi connectivity index (χ4n) is 1.63. The summed E-state index contributed by atoms with van der Waals surface area (Å²) in [6.45, 7) is 0.138. The highest BCUT2D eigenvalue weighted by Crippen LogP contribution is 2.40. The van der Waals surface area contributed by atoms with Crippen LogP contribution in [0.1, 0.15) is 11.6 Å². The number of likely N-dealkylation sites (N-methyl/N-ethyl adjacent to an activating group) is 1. The number of primary amides is 1. The fourth-order valence-corrected chi connectivity index (χ4v) is 1.90. The Hall–Kier alpha value is -1.46. The van der Waals surface area contributed by atoms with Gasteiger partial charge in [-0.2, -0.15) is 0 Å². The summed E-state index contributed by atoms with van der Waals surface area (Å²) >= 11 is 6.00. The zero-order valence-electron chi connectivity index (χ0n) is 8.62. The maximum absolute atomic E-state index is 11.2. The minimum Gasteiger partial charge on any atom is -0.454 e. The van der Waals surface area contributed by atoms with Crippen LogP contribution in [0.25, 0.3) is 0 Å². The molecule has 3 N–H and O–H groups in total. The first-order valence-corrected chi connectivity index (χ1v) is 5.07. The number of ether oxygens (including phenoxy) is 2. The molecule has 86 valence electrons. The molecular weight excluding hydrogens is 232 g/mol. The van der Waals surface area contributed by atoms with E-state index < -0.39 is 11.9 Å². The Balaban J connectivity index is 2.43. The van der Waals surface area contributed by atoms with Crippen molar-refractivity contribution in [2.75, 3.05) is 13.8 Å². The molecule has 16 heavy (non-hydrogen) atoms. The van der Waals surface area contributed by atoms with Gasteiger partial charge in [0.05, 0.1) is 5.02 Å². The van der Waals surface area contributed by atoms with Crippen molar-refractivity contribution in [1.82, 2.24) is 5.32 Å². The molecule has 0 saturated carbocycles. The van der Waals surface area contributed by atoms with Crippen molar-refractivity contribution < 1.29 is 14.3 Å². The van der Waals surface area contributed by atoms with Crippen LogP contribution in [-0.4, -0.2) is 19.7 Å². The van der Waals surface area contributed by atoms with Crippen LogP contribution in [-0.2, 0) is 4.79 Å². The Morgan fingerprint density at radius 3 is 2.94 bits per heavy atom. The second-order valence-corrected chi connectivity index (χ2v) is 3.77. The SMILES string of the molecule is CNC(C(N)=O)c1cc(Cl)c2c(c1)OCO2. The van der Waals surface area contributed by atoms with Crippen LogP contribution in [0.4, 0.5) is 0 Å². The quantitative estimate of drug-likeness (QED) is 0.823. The Bertz CT molecular complexity index is 436. The molecule has 1 aromatic carbocycles. The first-order valence-electron chi connectivity index (χ1n) is 4.69. The van der Waals surface area contributed by atoms with E-state index in [-0.39, 0.29) is 6.79 Å². The number of hydrogen-bond acceptors (Lipinski definition) is 4. The molecule has 1 amide bonds. The van der Waals surface area contributed by atoms with Crippen molar-refractivity contribution in [2.24, 2.45) is 5.73 Å². The number of hydrogen-bond donors (Lipinski definition) is 2. The number of nitrogens with two attached hydrogens (primary N) is 1. The number of fused-ring (bicyclic) bond motifs is 1. The predicted molar refractivity (Wildman–Crippen MR) is 58.6 cm³/mol. The lowest BCUT2D eigenvalue weighted by Crippen LogP contribution is -2.31. The molecule has 0 bridgehead atoms. The van der Waals surface area contributed by atoms with Gasteiger partial charge in [-0.3, -0.25) is 4.79 Å². The van der Waals surface area contributed by atoms with E-state index in [9.17, 15) is 4.79 Å². The third kappa shape index (κ3) is 1.79. The van der Waals surface area contributed by atoms with E-state index in [4.69, 9.17) is 26.8 Å². The Labute approximate surface area is 97.5 Å². The van der Waals surface area contributed by atoms with E-state index in [1.54, 1.807) is 19.2 Å². The van der Waals surface area contributed by atoms with Gasteiger partial charge in [-0.1, -0.05) is 11.6 Å². The average molecular weight is 243 g/mol.